The molecule has 1 rings (SSSR count). The SMILES string of the molecule is Nc1nc(Cl)ncc1C#CCS. The van der Waals surface area contributed by atoms with Crippen LogP contribution in [0.1, 0.15) is 5.56 Å². The van der Waals surface area contributed by atoms with Gasteiger partial charge in [0, 0.05) is 6.20 Å². The second kappa shape index (κ2) is 4.19. The monoisotopic (exact) mass is 199 g/mol. The zero-order valence-corrected chi connectivity index (χ0v) is 7.73. The van der Waals surface area contributed by atoms with Crippen LogP contribution >= 0.6 is 24.2 Å². The third-order valence-electron chi connectivity index (χ3n) is 1.09. The van der Waals surface area contributed by atoms with E-state index in [2.05, 4.69) is 34.4 Å². The summed E-state index contributed by atoms with van der Waals surface area (Å²) in [6.07, 6.45) is 1.49. The van der Waals surface area contributed by atoms with Gasteiger partial charge in [-0.25, -0.2) is 4.98 Å². The standard InChI is InChI=1S/C7H6ClN3S/c8-7-10-4-5(2-1-3-12)6(9)11-7/h4,12H,3H2,(H2,9,10,11). The summed E-state index contributed by atoms with van der Waals surface area (Å²) in [6, 6.07) is 0. The highest BCUT2D eigenvalue weighted by Gasteiger charge is 1.97. The molecule has 0 aliphatic heterocycles. The molecule has 0 saturated heterocycles. The number of nitrogens with two attached hydrogens (primary N) is 1. The maximum atomic E-state index is 5.50. The minimum absolute atomic E-state index is 0.129. The van der Waals surface area contributed by atoms with E-state index in [1.165, 1.54) is 6.20 Å². The smallest absolute Gasteiger partial charge is 0.224 e. The van der Waals surface area contributed by atoms with Gasteiger partial charge in [0.05, 0.1) is 11.3 Å². The van der Waals surface area contributed by atoms with Crippen LogP contribution in [-0.2, 0) is 0 Å². The molecule has 2 N–H and O–H groups in total. The molecule has 62 valence electrons. The molecule has 0 saturated carbocycles. The van der Waals surface area contributed by atoms with Gasteiger partial charge in [0.1, 0.15) is 5.82 Å². The average Bonchev–Trinajstić information content (AvgIpc) is 2.03. The summed E-state index contributed by atoms with van der Waals surface area (Å²) in [7, 11) is 0. The van der Waals surface area contributed by atoms with Crippen LogP contribution in [0.5, 0.6) is 0 Å². The molecule has 5 heteroatoms. The lowest BCUT2D eigenvalue weighted by atomic mass is 10.3. The van der Waals surface area contributed by atoms with Crippen molar-refractivity contribution in [3.8, 4) is 11.8 Å². The van der Waals surface area contributed by atoms with E-state index in [9.17, 15) is 0 Å². The number of halogens is 1. The largest absolute Gasteiger partial charge is 0.383 e. The van der Waals surface area contributed by atoms with Crippen LogP contribution in [0, 0.1) is 11.8 Å². The van der Waals surface area contributed by atoms with Crippen molar-refractivity contribution in [1.82, 2.24) is 9.97 Å². The average molecular weight is 200 g/mol. The first-order chi connectivity index (χ1) is 5.74. The van der Waals surface area contributed by atoms with Gasteiger partial charge in [-0.15, -0.1) is 0 Å². The molecule has 0 radical (unpaired) electrons. The van der Waals surface area contributed by atoms with Gasteiger partial charge in [-0.1, -0.05) is 11.8 Å². The van der Waals surface area contributed by atoms with E-state index >= 15 is 0 Å². The second-order valence-corrected chi connectivity index (χ2v) is 2.55. The normalized spacial score (nSPS) is 8.83. The molecule has 1 aromatic rings. The second-order valence-electron chi connectivity index (χ2n) is 1.90. The van der Waals surface area contributed by atoms with Crippen molar-refractivity contribution in [2.45, 2.75) is 0 Å². The van der Waals surface area contributed by atoms with Crippen molar-refractivity contribution in [2.24, 2.45) is 0 Å². The number of rotatable bonds is 0. The van der Waals surface area contributed by atoms with E-state index in [0.717, 1.165) is 0 Å². The van der Waals surface area contributed by atoms with Gasteiger partial charge in [-0.3, -0.25) is 0 Å². The maximum absolute atomic E-state index is 5.50. The fourth-order valence-corrected chi connectivity index (χ4v) is 0.822. The van der Waals surface area contributed by atoms with Gasteiger partial charge in [0.25, 0.3) is 0 Å². The molecule has 0 aromatic carbocycles. The van der Waals surface area contributed by atoms with Crippen LogP contribution in [0.2, 0.25) is 5.28 Å². The molecule has 0 atom stereocenters. The van der Waals surface area contributed by atoms with Gasteiger partial charge in [-0.05, 0) is 11.6 Å². The van der Waals surface area contributed by atoms with Gasteiger partial charge >= 0.3 is 0 Å². The van der Waals surface area contributed by atoms with Crippen LogP contribution in [0.15, 0.2) is 6.20 Å². The quantitative estimate of drug-likeness (QED) is 0.372. The van der Waals surface area contributed by atoms with Crippen LogP contribution in [0.4, 0.5) is 5.82 Å². The van der Waals surface area contributed by atoms with Gasteiger partial charge < -0.3 is 5.73 Å². The summed E-state index contributed by atoms with van der Waals surface area (Å²) in [6.45, 7) is 0. The van der Waals surface area contributed by atoms with Crippen LogP contribution in [-0.4, -0.2) is 15.7 Å². The molecule has 0 spiro atoms. The van der Waals surface area contributed by atoms with E-state index in [-0.39, 0.29) is 5.28 Å². The fourth-order valence-electron chi connectivity index (χ4n) is 0.604. The van der Waals surface area contributed by atoms with Crippen molar-refractivity contribution < 1.29 is 0 Å². The summed E-state index contributed by atoms with van der Waals surface area (Å²) < 4.78 is 0. The summed E-state index contributed by atoms with van der Waals surface area (Å²) >= 11 is 9.41. The minimum atomic E-state index is 0.129. The van der Waals surface area contributed by atoms with Crippen molar-refractivity contribution in [1.29, 1.82) is 0 Å². The van der Waals surface area contributed by atoms with Gasteiger partial charge in [0.15, 0.2) is 0 Å². The molecule has 1 aromatic heterocycles. The molecule has 3 nitrogen and oxygen atoms in total. The highest BCUT2D eigenvalue weighted by Crippen LogP contribution is 2.08. The number of hydrogen-bond donors (Lipinski definition) is 2. The highest BCUT2D eigenvalue weighted by molar-refractivity contribution is 7.80. The Labute approximate surface area is 80.8 Å². The van der Waals surface area contributed by atoms with Crippen LogP contribution < -0.4 is 5.73 Å². The van der Waals surface area contributed by atoms with Crippen LogP contribution in [0.25, 0.3) is 0 Å². The fraction of sp³-hybridized carbons (Fsp3) is 0.143. The van der Waals surface area contributed by atoms with Gasteiger partial charge in [-0.2, -0.15) is 17.6 Å². The van der Waals surface area contributed by atoms with E-state index in [1.54, 1.807) is 0 Å². The molecule has 12 heavy (non-hydrogen) atoms. The summed E-state index contributed by atoms with van der Waals surface area (Å²) in [5.41, 5.74) is 6.08. The number of aromatic nitrogens is 2. The Balaban J connectivity index is 3.01. The maximum Gasteiger partial charge on any atom is 0.224 e. The molecule has 0 bridgehead atoms. The van der Waals surface area contributed by atoms with E-state index < -0.39 is 0 Å². The Bertz CT molecular complexity index is 342. The van der Waals surface area contributed by atoms with Crippen LogP contribution in [0.3, 0.4) is 0 Å². The lowest BCUT2D eigenvalue weighted by Gasteiger charge is -1.95. The first-order valence-electron chi connectivity index (χ1n) is 3.12. The van der Waals surface area contributed by atoms with E-state index in [4.69, 9.17) is 17.3 Å². The summed E-state index contributed by atoms with van der Waals surface area (Å²) in [5.74, 6) is 6.26. The number of nitrogen functional groups attached to an aromatic ring is 1. The Hall–Kier alpha value is -0.920. The first kappa shape index (κ1) is 9.17. The molecule has 0 aliphatic carbocycles. The summed E-state index contributed by atoms with van der Waals surface area (Å²) in [5, 5.41) is 0.129. The Kier molecular flexibility index (Phi) is 3.20. The topological polar surface area (TPSA) is 51.8 Å². The third-order valence-corrected chi connectivity index (χ3v) is 1.43. The molecular weight excluding hydrogens is 194 g/mol. The molecule has 0 fully saturated rings. The molecule has 0 unspecified atom stereocenters. The Morgan fingerprint density at radius 3 is 3.00 bits per heavy atom. The zero-order chi connectivity index (χ0) is 8.97. The first-order valence-corrected chi connectivity index (χ1v) is 4.13. The van der Waals surface area contributed by atoms with Crippen molar-refractivity contribution >= 4 is 30.0 Å². The van der Waals surface area contributed by atoms with E-state index in [1.807, 2.05) is 0 Å². The highest BCUT2D eigenvalue weighted by atomic mass is 35.5. The van der Waals surface area contributed by atoms with E-state index in [0.29, 0.717) is 17.1 Å². The Morgan fingerprint density at radius 2 is 2.42 bits per heavy atom. The lowest BCUT2D eigenvalue weighted by molar-refractivity contribution is 1.17. The summed E-state index contributed by atoms with van der Waals surface area (Å²) in [4.78, 5) is 7.47. The molecule has 1 heterocycles. The predicted octanol–water partition coefficient (Wildman–Crippen LogP) is 0.993. The van der Waals surface area contributed by atoms with Crippen molar-refractivity contribution in [3.05, 3.63) is 17.0 Å². The molecular formula is C7H6ClN3S. The minimum Gasteiger partial charge on any atom is -0.383 e. The van der Waals surface area contributed by atoms with Crippen molar-refractivity contribution in [3.63, 3.8) is 0 Å². The number of thiol groups is 1. The molecule has 0 aliphatic rings. The van der Waals surface area contributed by atoms with Crippen molar-refractivity contribution in [2.75, 3.05) is 11.5 Å². The third kappa shape index (κ3) is 2.29. The van der Waals surface area contributed by atoms with Gasteiger partial charge in [0.2, 0.25) is 5.28 Å². The molecule has 0 amide bonds. The predicted molar refractivity (Wildman–Crippen MR) is 52.2 cm³/mol. The lowest BCUT2D eigenvalue weighted by Crippen LogP contribution is -1.96. The number of nitrogens with zero attached hydrogens (tertiary/aromatic N) is 2. The number of hydrogen-bond acceptors (Lipinski definition) is 4. The Morgan fingerprint density at radius 1 is 1.67 bits per heavy atom. The zero-order valence-electron chi connectivity index (χ0n) is 6.08. The number of anilines is 1.